The van der Waals surface area contributed by atoms with E-state index in [9.17, 15) is 0 Å². The van der Waals surface area contributed by atoms with E-state index in [1.165, 1.54) is 0 Å². The van der Waals surface area contributed by atoms with Crippen LogP contribution >= 0.6 is 11.8 Å². The van der Waals surface area contributed by atoms with Gasteiger partial charge in [-0.2, -0.15) is 0 Å². The third-order valence-electron chi connectivity index (χ3n) is 1.52. The van der Waals surface area contributed by atoms with Gasteiger partial charge in [-0.3, -0.25) is 9.98 Å². The van der Waals surface area contributed by atoms with Crippen molar-refractivity contribution in [1.29, 1.82) is 0 Å². The van der Waals surface area contributed by atoms with E-state index in [0.717, 1.165) is 12.2 Å². The van der Waals surface area contributed by atoms with E-state index in [2.05, 4.69) is 22.2 Å². The predicted molar refractivity (Wildman–Crippen MR) is 56.0 cm³/mol. The van der Waals surface area contributed by atoms with E-state index in [1.54, 1.807) is 24.3 Å². The minimum Gasteiger partial charge on any atom is -0.348 e. The first-order valence-electron chi connectivity index (χ1n) is 3.83. The summed E-state index contributed by atoms with van der Waals surface area (Å²) < 4.78 is 0. The molecule has 0 saturated heterocycles. The van der Waals surface area contributed by atoms with Crippen LogP contribution in [0.1, 0.15) is 6.92 Å². The Kier molecular flexibility index (Phi) is 3.87. The third-order valence-corrected chi connectivity index (χ3v) is 2.32. The molecule has 1 aliphatic heterocycles. The van der Waals surface area contributed by atoms with Gasteiger partial charge >= 0.3 is 0 Å². The quantitative estimate of drug-likeness (QED) is 0.526. The molecule has 12 heavy (non-hydrogen) atoms. The molecule has 3 nitrogen and oxygen atoms in total. The number of aliphatic imine (C=N–C) groups is 2. The zero-order chi connectivity index (χ0) is 8.81. The number of thioether (sulfide) groups is 1. The van der Waals surface area contributed by atoms with Gasteiger partial charge < -0.3 is 5.32 Å². The Bertz CT molecular complexity index is 220. The molecule has 0 aromatic rings. The first-order valence-corrected chi connectivity index (χ1v) is 5.11. The number of allylic oxidation sites excluding steroid dienone is 1. The number of hydrogen-bond donors (Lipinski definition) is 1. The van der Waals surface area contributed by atoms with Crippen LogP contribution in [0, 0.1) is 0 Å². The van der Waals surface area contributed by atoms with Gasteiger partial charge in [-0.1, -0.05) is 0 Å². The molecule has 0 radical (unpaired) electrons. The number of nitrogens with one attached hydrogen (secondary N) is 1. The van der Waals surface area contributed by atoms with Crippen molar-refractivity contribution in [1.82, 2.24) is 5.32 Å². The smallest absolute Gasteiger partial charge is 0.0937 e. The lowest BCUT2D eigenvalue weighted by Gasteiger charge is -2.01. The molecular formula is C8H13N3S. The van der Waals surface area contributed by atoms with Gasteiger partial charge in [0.2, 0.25) is 0 Å². The summed E-state index contributed by atoms with van der Waals surface area (Å²) in [6, 6.07) is 0. The van der Waals surface area contributed by atoms with Crippen LogP contribution in [0.15, 0.2) is 21.8 Å². The molecule has 0 fully saturated rings. The number of rotatable bonds is 4. The van der Waals surface area contributed by atoms with Gasteiger partial charge in [0.1, 0.15) is 0 Å². The number of hydrogen-bond acceptors (Lipinski definition) is 3. The molecule has 66 valence electrons. The average molecular weight is 183 g/mol. The van der Waals surface area contributed by atoms with Crippen LogP contribution in [0.3, 0.4) is 0 Å². The Morgan fingerprint density at radius 1 is 1.83 bits per heavy atom. The van der Waals surface area contributed by atoms with Crippen molar-refractivity contribution in [3.05, 3.63) is 11.8 Å². The van der Waals surface area contributed by atoms with Gasteiger partial charge in [0, 0.05) is 11.9 Å². The van der Waals surface area contributed by atoms with Gasteiger partial charge in [-0.25, -0.2) is 0 Å². The molecule has 1 atom stereocenters. The Morgan fingerprint density at radius 2 is 2.67 bits per heavy atom. The van der Waals surface area contributed by atoms with E-state index >= 15 is 0 Å². The van der Waals surface area contributed by atoms with E-state index in [0.29, 0.717) is 5.37 Å². The van der Waals surface area contributed by atoms with Crippen molar-refractivity contribution in [3.63, 3.8) is 0 Å². The second-order valence-electron chi connectivity index (χ2n) is 2.44. The van der Waals surface area contributed by atoms with Crippen LogP contribution in [0.4, 0.5) is 0 Å². The first kappa shape index (κ1) is 9.32. The van der Waals surface area contributed by atoms with Crippen molar-refractivity contribution in [3.8, 4) is 0 Å². The lowest BCUT2D eigenvalue weighted by atomic mass is 10.4. The summed E-state index contributed by atoms with van der Waals surface area (Å²) in [6.45, 7) is 2.81. The highest BCUT2D eigenvalue weighted by Gasteiger charge is 1.96. The normalized spacial score (nSPS) is 18.3. The zero-order valence-corrected chi connectivity index (χ0v) is 8.14. The molecular weight excluding hydrogens is 170 g/mol. The molecule has 0 bridgehead atoms. The highest BCUT2D eigenvalue weighted by atomic mass is 32.2. The van der Waals surface area contributed by atoms with Crippen molar-refractivity contribution >= 4 is 24.3 Å². The Balaban J connectivity index is 2.21. The second kappa shape index (κ2) is 4.98. The summed E-state index contributed by atoms with van der Waals surface area (Å²) in [5, 5.41) is 3.40. The van der Waals surface area contributed by atoms with Gasteiger partial charge in [0.05, 0.1) is 18.3 Å². The maximum Gasteiger partial charge on any atom is 0.0937 e. The van der Waals surface area contributed by atoms with E-state index < -0.39 is 0 Å². The Hall–Kier alpha value is -0.770. The van der Waals surface area contributed by atoms with Crippen LogP contribution in [0.25, 0.3) is 0 Å². The van der Waals surface area contributed by atoms with Crippen molar-refractivity contribution in [2.24, 2.45) is 9.98 Å². The Labute approximate surface area is 77.1 Å². The van der Waals surface area contributed by atoms with Crippen LogP contribution in [0.5, 0.6) is 0 Å². The summed E-state index contributed by atoms with van der Waals surface area (Å²) in [5.74, 6) is 0. The van der Waals surface area contributed by atoms with Crippen molar-refractivity contribution < 1.29 is 0 Å². The van der Waals surface area contributed by atoms with E-state index in [1.807, 2.05) is 12.3 Å². The largest absolute Gasteiger partial charge is 0.348 e. The standard InChI is InChI=1S/C8H13N3S/c1-7(12-2)10-6-11-8-3-4-9-5-8/h3-4,6-7H,5H2,1-2H3,(H,10,11). The van der Waals surface area contributed by atoms with Crippen LogP contribution in [0.2, 0.25) is 0 Å². The fraction of sp³-hybridized carbons (Fsp3) is 0.500. The summed E-state index contributed by atoms with van der Waals surface area (Å²) in [5.41, 5.74) is 1.10. The summed E-state index contributed by atoms with van der Waals surface area (Å²) in [4.78, 5) is 8.27. The first-order chi connectivity index (χ1) is 5.83. The molecule has 0 spiro atoms. The maximum absolute atomic E-state index is 4.24. The SMILES string of the molecule is CSC(C)N=CNC1=CC=NC1. The molecule has 1 unspecified atom stereocenters. The highest BCUT2D eigenvalue weighted by molar-refractivity contribution is 7.99. The molecule has 1 N–H and O–H groups in total. The van der Waals surface area contributed by atoms with Gasteiger partial charge in [0.25, 0.3) is 0 Å². The lowest BCUT2D eigenvalue weighted by Crippen LogP contribution is -2.12. The summed E-state index contributed by atoms with van der Waals surface area (Å²) in [6.07, 6.45) is 7.53. The van der Waals surface area contributed by atoms with Crippen molar-refractivity contribution in [2.45, 2.75) is 12.3 Å². The van der Waals surface area contributed by atoms with E-state index in [4.69, 9.17) is 0 Å². The van der Waals surface area contributed by atoms with Gasteiger partial charge in [-0.05, 0) is 19.3 Å². The van der Waals surface area contributed by atoms with E-state index in [-0.39, 0.29) is 0 Å². The fourth-order valence-corrected chi connectivity index (χ4v) is 0.909. The second-order valence-corrected chi connectivity index (χ2v) is 3.59. The van der Waals surface area contributed by atoms with Crippen LogP contribution in [-0.2, 0) is 0 Å². The van der Waals surface area contributed by atoms with Gasteiger partial charge in [0.15, 0.2) is 0 Å². The predicted octanol–water partition coefficient (Wildman–Crippen LogP) is 1.28. The monoisotopic (exact) mass is 183 g/mol. The summed E-state index contributed by atoms with van der Waals surface area (Å²) in [7, 11) is 0. The Morgan fingerprint density at radius 3 is 3.25 bits per heavy atom. The molecule has 0 saturated carbocycles. The van der Waals surface area contributed by atoms with Crippen molar-refractivity contribution in [2.75, 3.05) is 12.8 Å². The average Bonchev–Trinajstić information content (AvgIpc) is 2.57. The minimum atomic E-state index is 0.320. The molecule has 4 heteroatoms. The fourth-order valence-electron chi connectivity index (χ4n) is 0.726. The highest BCUT2D eigenvalue weighted by Crippen LogP contribution is 2.04. The molecule has 0 aromatic heterocycles. The minimum absolute atomic E-state index is 0.320. The lowest BCUT2D eigenvalue weighted by molar-refractivity contribution is 1.01. The number of nitrogens with zero attached hydrogens (tertiary/aromatic N) is 2. The molecule has 0 aliphatic carbocycles. The summed E-state index contributed by atoms with van der Waals surface area (Å²) >= 11 is 1.72. The zero-order valence-electron chi connectivity index (χ0n) is 7.32. The molecule has 0 aromatic carbocycles. The molecule has 0 amide bonds. The molecule has 1 heterocycles. The maximum atomic E-state index is 4.24. The molecule has 1 rings (SSSR count). The van der Waals surface area contributed by atoms with Crippen LogP contribution < -0.4 is 5.32 Å². The van der Waals surface area contributed by atoms with Gasteiger partial charge in [-0.15, -0.1) is 11.8 Å². The third kappa shape index (κ3) is 3.09. The molecule has 1 aliphatic rings. The topological polar surface area (TPSA) is 36.8 Å². The van der Waals surface area contributed by atoms with Crippen LogP contribution in [-0.4, -0.2) is 30.7 Å².